The SMILES string of the molecule is CCn1c(CCNc2nccc(Oc3ccc(F)cc3)n2)n[nH]c1=S. The summed E-state index contributed by atoms with van der Waals surface area (Å²) in [6.07, 6.45) is 2.27. The number of rotatable bonds is 7. The van der Waals surface area contributed by atoms with Gasteiger partial charge in [-0.05, 0) is 43.4 Å². The summed E-state index contributed by atoms with van der Waals surface area (Å²) in [4.78, 5) is 8.43. The molecule has 0 radical (unpaired) electrons. The zero-order valence-electron chi connectivity index (χ0n) is 13.6. The molecule has 0 aliphatic rings. The Morgan fingerprint density at radius 3 is 2.84 bits per heavy atom. The molecule has 2 heterocycles. The molecular formula is C16H17FN6OS. The van der Waals surface area contributed by atoms with Crippen molar-refractivity contribution in [3.05, 3.63) is 52.9 Å². The van der Waals surface area contributed by atoms with Crippen LogP contribution in [-0.4, -0.2) is 31.3 Å². The van der Waals surface area contributed by atoms with Crippen molar-refractivity contribution in [2.75, 3.05) is 11.9 Å². The first-order valence-corrected chi connectivity index (χ1v) is 8.21. The molecule has 2 N–H and O–H groups in total. The van der Waals surface area contributed by atoms with Crippen LogP contribution >= 0.6 is 12.2 Å². The maximum absolute atomic E-state index is 12.9. The zero-order chi connectivity index (χ0) is 17.6. The number of anilines is 1. The summed E-state index contributed by atoms with van der Waals surface area (Å²) < 4.78 is 21.1. The van der Waals surface area contributed by atoms with E-state index in [2.05, 4.69) is 25.5 Å². The molecular weight excluding hydrogens is 343 g/mol. The number of benzene rings is 1. The first kappa shape index (κ1) is 17.0. The van der Waals surface area contributed by atoms with E-state index < -0.39 is 0 Å². The Bertz CT molecular complexity index is 892. The fourth-order valence-electron chi connectivity index (χ4n) is 2.26. The van der Waals surface area contributed by atoms with Crippen LogP contribution in [0.2, 0.25) is 0 Å². The monoisotopic (exact) mass is 360 g/mol. The van der Waals surface area contributed by atoms with Crippen LogP contribution in [0.5, 0.6) is 11.6 Å². The van der Waals surface area contributed by atoms with Gasteiger partial charge in [-0.2, -0.15) is 10.1 Å². The summed E-state index contributed by atoms with van der Waals surface area (Å²) in [5, 5.41) is 10.1. The summed E-state index contributed by atoms with van der Waals surface area (Å²) in [5.41, 5.74) is 0. The normalized spacial score (nSPS) is 10.6. The third-order valence-corrected chi connectivity index (χ3v) is 3.76. The van der Waals surface area contributed by atoms with E-state index >= 15 is 0 Å². The minimum atomic E-state index is -0.317. The van der Waals surface area contributed by atoms with Crippen molar-refractivity contribution in [2.24, 2.45) is 0 Å². The van der Waals surface area contributed by atoms with Crippen LogP contribution in [0.15, 0.2) is 36.5 Å². The summed E-state index contributed by atoms with van der Waals surface area (Å²) in [5.74, 6) is 1.88. The first-order valence-electron chi connectivity index (χ1n) is 7.80. The maximum Gasteiger partial charge on any atom is 0.225 e. The van der Waals surface area contributed by atoms with Crippen LogP contribution in [0, 0.1) is 10.6 Å². The summed E-state index contributed by atoms with van der Waals surface area (Å²) in [7, 11) is 0. The Kier molecular flexibility index (Phi) is 5.34. The van der Waals surface area contributed by atoms with Crippen LogP contribution < -0.4 is 10.1 Å². The van der Waals surface area contributed by atoms with Crippen molar-refractivity contribution in [3.63, 3.8) is 0 Å². The number of nitrogens with zero attached hydrogens (tertiary/aromatic N) is 4. The van der Waals surface area contributed by atoms with E-state index in [0.717, 1.165) is 12.4 Å². The molecule has 0 aliphatic heterocycles. The van der Waals surface area contributed by atoms with Crippen molar-refractivity contribution in [1.29, 1.82) is 0 Å². The molecule has 0 unspecified atom stereocenters. The molecule has 0 spiro atoms. The maximum atomic E-state index is 12.9. The molecule has 7 nitrogen and oxygen atoms in total. The third-order valence-electron chi connectivity index (χ3n) is 3.45. The second kappa shape index (κ2) is 7.84. The highest BCUT2D eigenvalue weighted by atomic mass is 32.1. The van der Waals surface area contributed by atoms with Gasteiger partial charge in [0.05, 0.1) is 0 Å². The predicted molar refractivity (Wildman–Crippen MR) is 93.8 cm³/mol. The topological polar surface area (TPSA) is 80.7 Å². The third kappa shape index (κ3) is 4.38. The lowest BCUT2D eigenvalue weighted by atomic mass is 10.3. The predicted octanol–water partition coefficient (Wildman–Crippen LogP) is 3.34. The number of ether oxygens (including phenoxy) is 1. The van der Waals surface area contributed by atoms with E-state index in [9.17, 15) is 4.39 Å². The fraction of sp³-hybridized carbons (Fsp3) is 0.250. The molecule has 0 fully saturated rings. The second-order valence-corrected chi connectivity index (χ2v) is 5.53. The lowest BCUT2D eigenvalue weighted by Crippen LogP contribution is -2.12. The number of nitrogens with one attached hydrogen (secondary N) is 2. The molecule has 0 amide bonds. The van der Waals surface area contributed by atoms with Gasteiger partial charge in [-0.3, -0.25) is 5.10 Å². The molecule has 0 saturated carbocycles. The highest BCUT2D eigenvalue weighted by Crippen LogP contribution is 2.19. The van der Waals surface area contributed by atoms with Crippen LogP contribution in [0.25, 0.3) is 0 Å². The number of aromatic amines is 1. The molecule has 0 saturated heterocycles. The molecule has 2 aromatic heterocycles. The van der Waals surface area contributed by atoms with Crippen LogP contribution in [0.3, 0.4) is 0 Å². The highest BCUT2D eigenvalue weighted by Gasteiger charge is 2.06. The van der Waals surface area contributed by atoms with Gasteiger partial charge < -0.3 is 14.6 Å². The van der Waals surface area contributed by atoms with Gasteiger partial charge >= 0.3 is 0 Å². The van der Waals surface area contributed by atoms with Gasteiger partial charge in [-0.15, -0.1) is 0 Å². The van der Waals surface area contributed by atoms with Gasteiger partial charge in [-0.1, -0.05) is 0 Å². The molecule has 3 rings (SSSR count). The average molecular weight is 360 g/mol. The second-order valence-electron chi connectivity index (χ2n) is 5.14. The minimum absolute atomic E-state index is 0.317. The Balaban J connectivity index is 1.59. The van der Waals surface area contributed by atoms with Gasteiger partial charge in [-0.25, -0.2) is 9.37 Å². The zero-order valence-corrected chi connectivity index (χ0v) is 14.4. The highest BCUT2D eigenvalue weighted by molar-refractivity contribution is 7.71. The molecule has 0 atom stereocenters. The number of hydrogen-bond acceptors (Lipinski definition) is 6. The number of H-pyrrole nitrogens is 1. The van der Waals surface area contributed by atoms with E-state index in [1.54, 1.807) is 12.3 Å². The van der Waals surface area contributed by atoms with Gasteiger partial charge in [0.15, 0.2) is 4.77 Å². The van der Waals surface area contributed by atoms with E-state index in [1.165, 1.54) is 24.3 Å². The Labute approximate surface area is 148 Å². The van der Waals surface area contributed by atoms with Crippen LogP contribution in [0.4, 0.5) is 10.3 Å². The summed E-state index contributed by atoms with van der Waals surface area (Å²) in [6, 6.07) is 7.37. The van der Waals surface area contributed by atoms with E-state index in [4.69, 9.17) is 17.0 Å². The smallest absolute Gasteiger partial charge is 0.225 e. The molecule has 9 heteroatoms. The van der Waals surface area contributed by atoms with Gasteiger partial charge in [0, 0.05) is 31.8 Å². The molecule has 0 aliphatic carbocycles. The largest absolute Gasteiger partial charge is 0.439 e. The minimum Gasteiger partial charge on any atom is -0.439 e. The fourth-order valence-corrected chi connectivity index (χ4v) is 2.54. The lowest BCUT2D eigenvalue weighted by Gasteiger charge is -2.08. The van der Waals surface area contributed by atoms with Crippen molar-refractivity contribution in [3.8, 4) is 11.6 Å². The molecule has 130 valence electrons. The number of halogens is 1. The summed E-state index contributed by atoms with van der Waals surface area (Å²) >= 11 is 5.16. The van der Waals surface area contributed by atoms with Crippen LogP contribution in [-0.2, 0) is 13.0 Å². The Morgan fingerprint density at radius 2 is 2.08 bits per heavy atom. The molecule has 0 bridgehead atoms. The average Bonchev–Trinajstić information content (AvgIpc) is 2.97. The standard InChI is InChI=1S/C16H17FN6OS/c1-2-23-13(21-22-16(23)25)7-9-18-15-19-10-8-14(20-15)24-12-5-3-11(17)4-6-12/h3-6,8,10H,2,7,9H2,1H3,(H,22,25)(H,18,19,20). The van der Waals surface area contributed by atoms with Crippen molar-refractivity contribution in [1.82, 2.24) is 24.7 Å². The molecule has 1 aromatic carbocycles. The van der Waals surface area contributed by atoms with E-state index in [0.29, 0.717) is 35.3 Å². The number of aromatic nitrogens is 5. The van der Waals surface area contributed by atoms with E-state index in [-0.39, 0.29) is 5.82 Å². The van der Waals surface area contributed by atoms with Gasteiger partial charge in [0.1, 0.15) is 17.4 Å². The van der Waals surface area contributed by atoms with Gasteiger partial charge in [0.25, 0.3) is 0 Å². The summed E-state index contributed by atoms with van der Waals surface area (Å²) in [6.45, 7) is 3.38. The lowest BCUT2D eigenvalue weighted by molar-refractivity contribution is 0.460. The van der Waals surface area contributed by atoms with Crippen molar-refractivity contribution in [2.45, 2.75) is 19.9 Å². The van der Waals surface area contributed by atoms with Crippen molar-refractivity contribution >= 4 is 18.2 Å². The first-order chi connectivity index (χ1) is 12.2. The van der Waals surface area contributed by atoms with E-state index in [1.807, 2.05) is 11.5 Å². The Hall–Kier alpha value is -2.81. The molecule has 25 heavy (non-hydrogen) atoms. The molecule has 3 aromatic rings. The van der Waals surface area contributed by atoms with Crippen LogP contribution in [0.1, 0.15) is 12.7 Å². The quantitative estimate of drug-likeness (QED) is 0.629. The van der Waals surface area contributed by atoms with Crippen molar-refractivity contribution < 1.29 is 9.13 Å². The van der Waals surface area contributed by atoms with Gasteiger partial charge in [0.2, 0.25) is 11.8 Å². The number of hydrogen-bond donors (Lipinski definition) is 2. The Morgan fingerprint density at radius 1 is 1.28 bits per heavy atom.